The summed E-state index contributed by atoms with van der Waals surface area (Å²) in [5.41, 5.74) is 0.729. The van der Waals surface area contributed by atoms with E-state index >= 15 is 0 Å². The van der Waals surface area contributed by atoms with Gasteiger partial charge in [0, 0.05) is 24.5 Å². The number of amides is 1. The fraction of sp³-hybridized carbons (Fsp3) is 0.364. The van der Waals surface area contributed by atoms with Gasteiger partial charge in [-0.25, -0.2) is 13.4 Å². The van der Waals surface area contributed by atoms with Gasteiger partial charge in [-0.1, -0.05) is 29.5 Å². The molecule has 2 atom stereocenters. The second kappa shape index (κ2) is 7.35. The van der Waals surface area contributed by atoms with Gasteiger partial charge in [0.25, 0.3) is 5.91 Å². The molecule has 2 aliphatic rings. The second-order valence-corrected chi connectivity index (χ2v) is 11.3. The van der Waals surface area contributed by atoms with Gasteiger partial charge in [0.2, 0.25) is 0 Å². The molecule has 2 fully saturated rings. The van der Waals surface area contributed by atoms with Crippen molar-refractivity contribution in [1.29, 1.82) is 0 Å². The Labute approximate surface area is 180 Å². The molecule has 0 radical (unpaired) electrons. The third kappa shape index (κ3) is 3.18. The van der Waals surface area contributed by atoms with Crippen molar-refractivity contribution in [3.05, 3.63) is 65.4 Å². The van der Waals surface area contributed by atoms with Crippen LogP contribution < -0.4 is 0 Å². The normalized spacial score (nSPS) is 23.6. The maximum atomic E-state index is 13.4. The molecule has 0 saturated carbocycles. The number of nitrogens with zero attached hydrogens (tertiary/aromatic N) is 3. The highest BCUT2D eigenvalue weighted by molar-refractivity contribution is 7.92. The van der Waals surface area contributed by atoms with Crippen molar-refractivity contribution < 1.29 is 13.2 Å². The molecular formula is C22H23N3O3S2. The number of hydrogen-bond donors (Lipinski definition) is 0. The first-order valence-corrected chi connectivity index (χ1v) is 12.5. The molecule has 3 aromatic rings. The highest BCUT2D eigenvalue weighted by Gasteiger charge is 2.47. The van der Waals surface area contributed by atoms with E-state index in [-0.39, 0.29) is 18.0 Å². The lowest BCUT2D eigenvalue weighted by atomic mass is 10.0. The molecule has 8 heteroatoms. The van der Waals surface area contributed by atoms with Crippen LogP contribution in [0, 0.1) is 6.92 Å². The number of aromatic nitrogens is 2. The number of sulfone groups is 1. The number of hydrogen-bond acceptors (Lipinski definition) is 5. The first-order chi connectivity index (χ1) is 14.4. The minimum absolute atomic E-state index is 0.00790. The SMILES string of the molecule is Cc1nc(-n2cccc2)sc1C(=O)N1[C@H]2CC[C@H]1CC(S(=O)(=O)c1ccccc1)C2. The van der Waals surface area contributed by atoms with Crippen LogP contribution in [0.3, 0.4) is 0 Å². The van der Waals surface area contributed by atoms with Crippen molar-refractivity contribution in [3.63, 3.8) is 0 Å². The molecule has 30 heavy (non-hydrogen) atoms. The van der Waals surface area contributed by atoms with Gasteiger partial charge >= 0.3 is 0 Å². The Balaban J connectivity index is 1.39. The summed E-state index contributed by atoms with van der Waals surface area (Å²) in [5.74, 6) is -0.00790. The van der Waals surface area contributed by atoms with E-state index in [1.54, 1.807) is 24.3 Å². The van der Waals surface area contributed by atoms with Crippen LogP contribution in [0.5, 0.6) is 0 Å². The standard InChI is InChI=1S/C22H23N3O3S2/c1-15-20(29-22(23-15)24-11-5-6-12-24)21(26)25-16-9-10-17(25)14-19(13-16)30(27,28)18-7-3-2-4-8-18/h2-8,11-12,16-17,19H,9-10,13-14H2,1H3/t16-,17-/m0/s1. The van der Waals surface area contributed by atoms with Crippen LogP contribution in [0.15, 0.2) is 59.8 Å². The Hall–Kier alpha value is -2.45. The zero-order chi connectivity index (χ0) is 20.9. The van der Waals surface area contributed by atoms with Crippen molar-refractivity contribution in [3.8, 4) is 5.13 Å². The van der Waals surface area contributed by atoms with Gasteiger partial charge in [0.1, 0.15) is 4.88 Å². The fourth-order valence-corrected chi connectivity index (χ4v) is 7.64. The quantitative estimate of drug-likeness (QED) is 0.616. The van der Waals surface area contributed by atoms with Crippen LogP contribution in [-0.2, 0) is 9.84 Å². The molecule has 6 nitrogen and oxygen atoms in total. The van der Waals surface area contributed by atoms with Crippen LogP contribution in [0.4, 0.5) is 0 Å². The number of rotatable bonds is 4. The molecule has 1 aromatic carbocycles. The number of thiazole rings is 1. The van der Waals surface area contributed by atoms with E-state index in [0.717, 1.165) is 23.7 Å². The molecular weight excluding hydrogens is 418 g/mol. The van der Waals surface area contributed by atoms with Crippen LogP contribution in [0.25, 0.3) is 5.13 Å². The van der Waals surface area contributed by atoms with Gasteiger partial charge in [-0.05, 0) is 56.9 Å². The van der Waals surface area contributed by atoms with Gasteiger partial charge in [0.15, 0.2) is 15.0 Å². The van der Waals surface area contributed by atoms with E-state index in [2.05, 4.69) is 4.98 Å². The molecule has 4 heterocycles. The molecule has 2 saturated heterocycles. The summed E-state index contributed by atoms with van der Waals surface area (Å²) in [4.78, 5) is 21.0. The number of piperidine rings is 1. The number of carbonyl (C=O) groups excluding carboxylic acids is 1. The maximum absolute atomic E-state index is 13.4. The zero-order valence-electron chi connectivity index (χ0n) is 16.6. The van der Waals surface area contributed by atoms with Gasteiger partial charge in [0.05, 0.1) is 15.8 Å². The van der Waals surface area contributed by atoms with Gasteiger partial charge in [-0.3, -0.25) is 4.79 Å². The summed E-state index contributed by atoms with van der Waals surface area (Å²) in [6.07, 6.45) is 6.55. The molecule has 0 N–H and O–H groups in total. The lowest BCUT2D eigenvalue weighted by Gasteiger charge is -2.38. The number of benzene rings is 1. The lowest BCUT2D eigenvalue weighted by Crippen LogP contribution is -2.49. The minimum Gasteiger partial charge on any atom is -0.332 e. The van der Waals surface area contributed by atoms with E-state index in [1.165, 1.54) is 11.3 Å². The molecule has 1 amide bonds. The monoisotopic (exact) mass is 441 g/mol. The summed E-state index contributed by atoms with van der Waals surface area (Å²) < 4.78 is 28.2. The summed E-state index contributed by atoms with van der Waals surface area (Å²) in [6.45, 7) is 1.87. The molecule has 0 unspecified atom stereocenters. The van der Waals surface area contributed by atoms with Crippen molar-refractivity contribution in [1.82, 2.24) is 14.5 Å². The van der Waals surface area contributed by atoms with Crippen LogP contribution in [0.2, 0.25) is 0 Å². The van der Waals surface area contributed by atoms with E-state index < -0.39 is 15.1 Å². The Bertz CT molecular complexity index is 1160. The van der Waals surface area contributed by atoms with E-state index in [9.17, 15) is 13.2 Å². The minimum atomic E-state index is -3.39. The van der Waals surface area contributed by atoms with Gasteiger partial charge in [-0.15, -0.1) is 0 Å². The van der Waals surface area contributed by atoms with Crippen LogP contribution in [-0.4, -0.2) is 46.1 Å². The highest BCUT2D eigenvalue weighted by Crippen LogP contribution is 2.41. The summed E-state index contributed by atoms with van der Waals surface area (Å²) in [6, 6.07) is 12.5. The van der Waals surface area contributed by atoms with Crippen molar-refractivity contribution in [2.45, 2.75) is 54.8 Å². The van der Waals surface area contributed by atoms with Gasteiger partial charge in [-0.2, -0.15) is 0 Å². The maximum Gasteiger partial charge on any atom is 0.266 e. The Morgan fingerprint density at radius 1 is 1.03 bits per heavy atom. The van der Waals surface area contributed by atoms with E-state index in [0.29, 0.717) is 22.6 Å². The topological polar surface area (TPSA) is 72.3 Å². The van der Waals surface area contributed by atoms with Gasteiger partial charge < -0.3 is 9.47 Å². The van der Waals surface area contributed by atoms with Crippen molar-refractivity contribution in [2.75, 3.05) is 0 Å². The molecule has 5 rings (SSSR count). The first-order valence-electron chi connectivity index (χ1n) is 10.2. The summed E-state index contributed by atoms with van der Waals surface area (Å²) in [7, 11) is -3.39. The molecule has 2 bridgehead atoms. The molecule has 0 spiro atoms. The van der Waals surface area contributed by atoms with E-state index in [4.69, 9.17) is 0 Å². The first kappa shape index (κ1) is 19.5. The largest absolute Gasteiger partial charge is 0.332 e. The Morgan fingerprint density at radius 2 is 1.67 bits per heavy atom. The molecule has 2 aromatic heterocycles. The predicted octanol–water partition coefficient (Wildman–Crippen LogP) is 3.85. The van der Waals surface area contributed by atoms with Crippen molar-refractivity contribution >= 4 is 27.1 Å². The number of aryl methyl sites for hydroxylation is 1. The third-order valence-corrected chi connectivity index (χ3v) is 9.59. The summed E-state index contributed by atoms with van der Waals surface area (Å²) >= 11 is 1.40. The third-order valence-electron chi connectivity index (χ3n) is 6.24. The molecule has 2 aliphatic heterocycles. The number of carbonyl (C=O) groups is 1. The lowest BCUT2D eigenvalue weighted by molar-refractivity contribution is 0.0602. The Kier molecular flexibility index (Phi) is 4.78. The molecule has 0 aliphatic carbocycles. The van der Waals surface area contributed by atoms with Crippen LogP contribution >= 0.6 is 11.3 Å². The van der Waals surface area contributed by atoms with Crippen LogP contribution in [0.1, 0.15) is 41.0 Å². The summed E-state index contributed by atoms with van der Waals surface area (Å²) in [5, 5.41) is 0.342. The molecule has 156 valence electrons. The highest BCUT2D eigenvalue weighted by atomic mass is 32.2. The Morgan fingerprint density at radius 3 is 2.30 bits per heavy atom. The zero-order valence-corrected chi connectivity index (χ0v) is 18.3. The number of fused-ring (bicyclic) bond motifs is 2. The van der Waals surface area contributed by atoms with E-state index in [1.807, 2.05) is 47.0 Å². The predicted molar refractivity (Wildman–Crippen MR) is 116 cm³/mol. The average Bonchev–Trinajstić information content (AvgIpc) is 3.46. The fourth-order valence-electron chi connectivity index (χ4n) is 4.79. The van der Waals surface area contributed by atoms with Crippen molar-refractivity contribution in [2.24, 2.45) is 0 Å². The average molecular weight is 442 g/mol. The smallest absolute Gasteiger partial charge is 0.266 e. The second-order valence-electron chi connectivity index (χ2n) is 8.05.